The van der Waals surface area contributed by atoms with E-state index >= 15 is 0 Å². The maximum absolute atomic E-state index is 2.37. The summed E-state index contributed by atoms with van der Waals surface area (Å²) in [7, 11) is 0. The maximum atomic E-state index is 2.37. The Kier molecular flexibility index (Phi) is 2.56. The molecule has 1 radical (unpaired) electrons. The first-order valence-electron chi connectivity index (χ1n) is 4.16. The van der Waals surface area contributed by atoms with Gasteiger partial charge in [-0.25, -0.2) is 0 Å². The summed E-state index contributed by atoms with van der Waals surface area (Å²) in [5.74, 6) is 2.78. The highest BCUT2D eigenvalue weighted by molar-refractivity contribution is 4.92. The van der Waals surface area contributed by atoms with Crippen LogP contribution < -0.4 is 0 Å². The largest absolute Gasteiger partial charge is 0.0648 e. The van der Waals surface area contributed by atoms with Crippen LogP contribution in [-0.4, -0.2) is 0 Å². The first-order valence-corrected chi connectivity index (χ1v) is 4.16. The lowest BCUT2D eigenvalue weighted by atomic mass is 9.81. The lowest BCUT2D eigenvalue weighted by Gasteiger charge is -2.24. The van der Waals surface area contributed by atoms with Crippen LogP contribution in [0.2, 0.25) is 0 Å². The Morgan fingerprint density at radius 3 is 2.78 bits per heavy atom. The Bertz CT molecular complexity index is 76.1. The second-order valence-corrected chi connectivity index (χ2v) is 3.31. The number of rotatable bonds is 1. The van der Waals surface area contributed by atoms with Gasteiger partial charge < -0.3 is 0 Å². The molecule has 1 unspecified atom stereocenters. The van der Waals surface area contributed by atoms with Gasteiger partial charge in [0.1, 0.15) is 0 Å². The molecule has 1 fully saturated rings. The van der Waals surface area contributed by atoms with E-state index in [1.165, 1.54) is 32.1 Å². The van der Waals surface area contributed by atoms with Gasteiger partial charge >= 0.3 is 0 Å². The van der Waals surface area contributed by atoms with Gasteiger partial charge in [-0.15, -0.1) is 0 Å². The van der Waals surface area contributed by atoms with Crippen LogP contribution in [0, 0.1) is 11.8 Å². The van der Waals surface area contributed by atoms with Crippen molar-refractivity contribution in [1.82, 2.24) is 0 Å². The first kappa shape index (κ1) is 7.11. The van der Waals surface area contributed by atoms with Gasteiger partial charge in [0.05, 0.1) is 0 Å². The molecule has 0 aliphatic heterocycles. The average Bonchev–Trinajstić information content (AvgIpc) is 1.88. The summed E-state index contributed by atoms with van der Waals surface area (Å²) in [6, 6.07) is 0. The molecule has 1 aliphatic rings. The minimum Gasteiger partial charge on any atom is -0.0648 e. The summed E-state index contributed by atoms with van der Waals surface area (Å²) in [6.07, 6.45) is 7.06. The van der Waals surface area contributed by atoms with Gasteiger partial charge in [0.2, 0.25) is 0 Å². The summed E-state index contributed by atoms with van der Waals surface area (Å²) in [5, 5.41) is 0. The fraction of sp³-hybridized carbons (Fsp3) is 0.889. The normalized spacial score (nSPS) is 30.7. The third-order valence-corrected chi connectivity index (χ3v) is 2.36. The molecule has 1 aliphatic carbocycles. The Morgan fingerprint density at radius 2 is 2.33 bits per heavy atom. The van der Waals surface area contributed by atoms with Crippen molar-refractivity contribution in [1.29, 1.82) is 0 Å². The molecule has 1 saturated carbocycles. The Balaban J connectivity index is 2.23. The minimum atomic E-state index is 0.980. The zero-order valence-corrected chi connectivity index (χ0v) is 6.61. The molecule has 0 heterocycles. The van der Waals surface area contributed by atoms with E-state index in [0.717, 1.165) is 5.92 Å². The van der Waals surface area contributed by atoms with Crippen molar-refractivity contribution in [2.45, 2.75) is 46.0 Å². The van der Waals surface area contributed by atoms with Crippen LogP contribution in [-0.2, 0) is 0 Å². The highest BCUT2D eigenvalue weighted by Gasteiger charge is 2.16. The van der Waals surface area contributed by atoms with Crippen LogP contribution in [0.3, 0.4) is 0 Å². The molecular weight excluding hydrogens is 108 g/mol. The molecule has 1 atom stereocenters. The zero-order chi connectivity index (χ0) is 6.69. The standard InChI is InChI=1S/C9H17/c1-3-9-6-4-5-8(2)7-9/h8H,3-7H2,1-2H3. The summed E-state index contributed by atoms with van der Waals surface area (Å²) in [4.78, 5) is 0. The van der Waals surface area contributed by atoms with Crippen LogP contribution in [0.4, 0.5) is 0 Å². The quantitative estimate of drug-likeness (QED) is 0.505. The molecule has 1 rings (SSSR count). The second kappa shape index (κ2) is 3.24. The van der Waals surface area contributed by atoms with Gasteiger partial charge in [0.15, 0.2) is 0 Å². The zero-order valence-electron chi connectivity index (χ0n) is 6.61. The topological polar surface area (TPSA) is 0 Å². The summed E-state index contributed by atoms with van der Waals surface area (Å²) < 4.78 is 0. The molecule has 0 spiro atoms. The average molecular weight is 125 g/mol. The Hall–Kier alpha value is 0. The van der Waals surface area contributed by atoms with Gasteiger partial charge in [0, 0.05) is 0 Å². The predicted molar refractivity (Wildman–Crippen MR) is 41.2 cm³/mol. The second-order valence-electron chi connectivity index (χ2n) is 3.31. The lowest BCUT2D eigenvalue weighted by Crippen LogP contribution is -2.09. The van der Waals surface area contributed by atoms with Crippen molar-refractivity contribution in [3.63, 3.8) is 0 Å². The molecule has 53 valence electrons. The lowest BCUT2D eigenvalue weighted by molar-refractivity contribution is 0.399. The molecule has 0 N–H and O–H groups in total. The molecule has 0 nitrogen and oxygen atoms in total. The Labute approximate surface area is 58.7 Å². The molecule has 0 aromatic carbocycles. The van der Waals surface area contributed by atoms with E-state index in [2.05, 4.69) is 13.8 Å². The molecule has 0 heteroatoms. The minimum absolute atomic E-state index is 0.980. The maximum Gasteiger partial charge on any atom is -0.0241 e. The molecule has 0 aromatic rings. The van der Waals surface area contributed by atoms with Gasteiger partial charge in [-0.1, -0.05) is 26.7 Å². The first-order chi connectivity index (χ1) is 4.33. The highest BCUT2D eigenvalue weighted by Crippen LogP contribution is 2.31. The van der Waals surface area contributed by atoms with Gasteiger partial charge in [0.25, 0.3) is 0 Å². The van der Waals surface area contributed by atoms with Crippen LogP contribution in [0.15, 0.2) is 0 Å². The number of hydrogen-bond donors (Lipinski definition) is 0. The monoisotopic (exact) mass is 125 g/mol. The highest BCUT2D eigenvalue weighted by atomic mass is 14.2. The molecule has 0 aromatic heterocycles. The summed E-state index contributed by atoms with van der Waals surface area (Å²) in [6.45, 7) is 4.65. The summed E-state index contributed by atoms with van der Waals surface area (Å²) >= 11 is 0. The van der Waals surface area contributed by atoms with Crippen LogP contribution >= 0.6 is 0 Å². The van der Waals surface area contributed by atoms with Crippen LogP contribution in [0.1, 0.15) is 46.0 Å². The summed E-state index contributed by atoms with van der Waals surface area (Å²) in [5.41, 5.74) is 0. The van der Waals surface area contributed by atoms with Crippen molar-refractivity contribution >= 4 is 0 Å². The van der Waals surface area contributed by atoms with E-state index in [-0.39, 0.29) is 0 Å². The van der Waals surface area contributed by atoms with E-state index < -0.39 is 0 Å². The van der Waals surface area contributed by atoms with Gasteiger partial charge in [-0.2, -0.15) is 0 Å². The predicted octanol–water partition coefficient (Wildman–Crippen LogP) is 3.18. The number of hydrogen-bond acceptors (Lipinski definition) is 0. The third kappa shape index (κ3) is 2.00. The smallest absolute Gasteiger partial charge is 0.0241 e. The van der Waals surface area contributed by atoms with E-state index in [9.17, 15) is 0 Å². The van der Waals surface area contributed by atoms with E-state index in [1.54, 1.807) is 5.92 Å². The van der Waals surface area contributed by atoms with E-state index in [0.29, 0.717) is 0 Å². The molecular formula is C9H17. The van der Waals surface area contributed by atoms with E-state index in [4.69, 9.17) is 0 Å². The van der Waals surface area contributed by atoms with Crippen LogP contribution in [0.5, 0.6) is 0 Å². The van der Waals surface area contributed by atoms with Crippen LogP contribution in [0.25, 0.3) is 0 Å². The molecule has 0 bridgehead atoms. The molecule has 9 heavy (non-hydrogen) atoms. The third-order valence-electron chi connectivity index (χ3n) is 2.36. The fourth-order valence-corrected chi connectivity index (χ4v) is 1.72. The van der Waals surface area contributed by atoms with Crippen molar-refractivity contribution in [3.8, 4) is 0 Å². The SMILES string of the molecule is CC[C]1CCCC(C)C1. The van der Waals surface area contributed by atoms with Crippen molar-refractivity contribution in [3.05, 3.63) is 5.92 Å². The molecule has 0 amide bonds. The Morgan fingerprint density at radius 1 is 1.56 bits per heavy atom. The van der Waals surface area contributed by atoms with Gasteiger partial charge in [-0.3, -0.25) is 0 Å². The fourth-order valence-electron chi connectivity index (χ4n) is 1.72. The van der Waals surface area contributed by atoms with Crippen molar-refractivity contribution in [2.75, 3.05) is 0 Å². The van der Waals surface area contributed by atoms with E-state index in [1.807, 2.05) is 0 Å². The van der Waals surface area contributed by atoms with Gasteiger partial charge in [-0.05, 0) is 31.1 Å². The molecule has 0 saturated heterocycles. The van der Waals surface area contributed by atoms with Crippen molar-refractivity contribution in [2.24, 2.45) is 5.92 Å². The van der Waals surface area contributed by atoms with Crippen molar-refractivity contribution < 1.29 is 0 Å².